The fourth-order valence-electron chi connectivity index (χ4n) is 2.23. The summed E-state index contributed by atoms with van der Waals surface area (Å²) in [6, 6.07) is 6.28. The molecule has 1 atom stereocenters. The molecule has 1 saturated heterocycles. The van der Waals surface area contributed by atoms with E-state index in [1.165, 1.54) is 19.3 Å². The SMILES string of the molecule is CC(=NNC(=S)N1CCCCC1C)c1ccccn1. The van der Waals surface area contributed by atoms with Crippen molar-refractivity contribution in [2.24, 2.45) is 5.10 Å². The summed E-state index contributed by atoms with van der Waals surface area (Å²) in [7, 11) is 0. The van der Waals surface area contributed by atoms with Crippen LogP contribution in [-0.4, -0.2) is 33.3 Å². The third-order valence-electron chi connectivity index (χ3n) is 3.42. The largest absolute Gasteiger partial charge is 0.345 e. The average Bonchev–Trinajstić information content (AvgIpc) is 2.46. The summed E-state index contributed by atoms with van der Waals surface area (Å²) in [6.07, 6.45) is 5.45. The van der Waals surface area contributed by atoms with E-state index in [0.717, 1.165) is 18.0 Å². The number of pyridine rings is 1. The first-order chi connectivity index (χ1) is 9.18. The Labute approximate surface area is 119 Å². The number of thiocarbonyl (C=S) groups is 1. The Balaban J connectivity index is 1.96. The van der Waals surface area contributed by atoms with Gasteiger partial charge in [-0.2, -0.15) is 5.10 Å². The molecule has 0 aromatic carbocycles. The Morgan fingerprint density at radius 1 is 1.47 bits per heavy atom. The molecule has 1 aromatic rings. The van der Waals surface area contributed by atoms with Crippen LogP contribution in [0.2, 0.25) is 0 Å². The number of aromatic nitrogens is 1. The second-order valence-electron chi connectivity index (χ2n) is 4.87. The molecule has 1 aliphatic rings. The van der Waals surface area contributed by atoms with Crippen molar-refractivity contribution in [2.75, 3.05) is 6.54 Å². The second-order valence-corrected chi connectivity index (χ2v) is 5.25. The van der Waals surface area contributed by atoms with E-state index >= 15 is 0 Å². The zero-order valence-corrected chi connectivity index (χ0v) is 12.3. The Morgan fingerprint density at radius 2 is 2.32 bits per heavy atom. The smallest absolute Gasteiger partial charge is 0.189 e. The van der Waals surface area contributed by atoms with Crippen LogP contribution in [0.1, 0.15) is 38.8 Å². The summed E-state index contributed by atoms with van der Waals surface area (Å²) in [6.45, 7) is 5.16. The van der Waals surface area contributed by atoms with Crippen LogP contribution in [0.3, 0.4) is 0 Å². The Morgan fingerprint density at radius 3 is 3.00 bits per heavy atom. The highest BCUT2D eigenvalue weighted by Crippen LogP contribution is 2.16. The van der Waals surface area contributed by atoms with E-state index in [1.807, 2.05) is 25.1 Å². The lowest BCUT2D eigenvalue weighted by atomic mass is 10.0. The highest BCUT2D eigenvalue weighted by atomic mass is 32.1. The highest BCUT2D eigenvalue weighted by Gasteiger charge is 2.20. The van der Waals surface area contributed by atoms with Gasteiger partial charge in [0.1, 0.15) is 0 Å². The molecule has 1 N–H and O–H groups in total. The van der Waals surface area contributed by atoms with Gasteiger partial charge in [0.25, 0.3) is 0 Å². The molecular weight excluding hydrogens is 256 g/mol. The lowest BCUT2D eigenvalue weighted by Gasteiger charge is -2.34. The first-order valence-corrected chi connectivity index (χ1v) is 7.11. The van der Waals surface area contributed by atoms with Gasteiger partial charge in [-0.15, -0.1) is 0 Å². The normalized spacial score (nSPS) is 20.2. The number of piperidine rings is 1. The van der Waals surface area contributed by atoms with Crippen molar-refractivity contribution in [1.29, 1.82) is 0 Å². The number of likely N-dealkylation sites (tertiary alicyclic amines) is 1. The molecule has 2 heterocycles. The number of hydrogen-bond donors (Lipinski definition) is 1. The number of nitrogens with zero attached hydrogens (tertiary/aromatic N) is 3. The molecular formula is C14H20N4S. The van der Waals surface area contributed by atoms with Crippen LogP contribution < -0.4 is 5.43 Å². The molecule has 0 bridgehead atoms. The molecule has 2 rings (SSSR count). The van der Waals surface area contributed by atoms with E-state index in [1.54, 1.807) is 6.20 Å². The fourth-order valence-corrected chi connectivity index (χ4v) is 2.55. The molecule has 4 nitrogen and oxygen atoms in total. The van der Waals surface area contributed by atoms with E-state index in [4.69, 9.17) is 12.2 Å². The minimum atomic E-state index is 0.499. The predicted octanol–water partition coefficient (Wildman–Crippen LogP) is 2.55. The summed E-state index contributed by atoms with van der Waals surface area (Å²) >= 11 is 5.41. The lowest BCUT2D eigenvalue weighted by Crippen LogP contribution is -2.46. The summed E-state index contributed by atoms with van der Waals surface area (Å²) in [5, 5.41) is 5.04. The molecule has 1 unspecified atom stereocenters. The molecule has 0 radical (unpaired) electrons. The zero-order valence-electron chi connectivity index (χ0n) is 11.5. The molecule has 1 fully saturated rings. The number of nitrogens with one attached hydrogen (secondary N) is 1. The van der Waals surface area contributed by atoms with Crippen molar-refractivity contribution in [3.05, 3.63) is 30.1 Å². The third-order valence-corrected chi connectivity index (χ3v) is 3.74. The molecule has 1 aliphatic heterocycles. The van der Waals surface area contributed by atoms with Crippen molar-refractivity contribution in [3.8, 4) is 0 Å². The van der Waals surface area contributed by atoms with Crippen molar-refractivity contribution in [2.45, 2.75) is 39.2 Å². The van der Waals surface area contributed by atoms with Gasteiger partial charge in [0, 0.05) is 18.8 Å². The molecule has 0 saturated carbocycles. The van der Waals surface area contributed by atoms with Crippen molar-refractivity contribution >= 4 is 23.0 Å². The Kier molecular flexibility index (Phi) is 4.85. The molecule has 0 aliphatic carbocycles. The summed E-state index contributed by atoms with van der Waals surface area (Å²) in [4.78, 5) is 6.47. The molecule has 102 valence electrons. The van der Waals surface area contributed by atoms with Gasteiger partial charge in [-0.1, -0.05) is 6.07 Å². The Hall–Kier alpha value is -1.49. The van der Waals surface area contributed by atoms with E-state index < -0.39 is 0 Å². The Bertz CT molecular complexity index is 458. The number of hydrogen-bond acceptors (Lipinski definition) is 3. The average molecular weight is 276 g/mol. The van der Waals surface area contributed by atoms with Gasteiger partial charge in [-0.05, 0) is 57.5 Å². The molecule has 19 heavy (non-hydrogen) atoms. The van der Waals surface area contributed by atoms with Crippen LogP contribution in [0.25, 0.3) is 0 Å². The van der Waals surface area contributed by atoms with E-state index in [2.05, 4.69) is 27.3 Å². The monoisotopic (exact) mass is 276 g/mol. The summed E-state index contributed by atoms with van der Waals surface area (Å²) in [5.74, 6) is 0. The molecule has 0 amide bonds. The first-order valence-electron chi connectivity index (χ1n) is 6.71. The maximum absolute atomic E-state index is 5.41. The van der Waals surface area contributed by atoms with Crippen molar-refractivity contribution < 1.29 is 0 Å². The standard InChI is InChI=1S/C14H20N4S/c1-11-7-4-6-10-18(11)14(19)17-16-12(2)13-8-3-5-9-15-13/h3,5,8-9,11H,4,6-7,10H2,1-2H3,(H,17,19). The fraction of sp³-hybridized carbons (Fsp3) is 0.500. The third kappa shape index (κ3) is 3.73. The second kappa shape index (κ2) is 6.61. The summed E-state index contributed by atoms with van der Waals surface area (Å²) in [5.41, 5.74) is 4.69. The van der Waals surface area contributed by atoms with Gasteiger partial charge < -0.3 is 4.90 Å². The van der Waals surface area contributed by atoms with Crippen molar-refractivity contribution in [1.82, 2.24) is 15.3 Å². The predicted molar refractivity (Wildman–Crippen MR) is 82.2 cm³/mol. The van der Waals surface area contributed by atoms with Gasteiger partial charge in [-0.3, -0.25) is 10.4 Å². The van der Waals surface area contributed by atoms with Crippen molar-refractivity contribution in [3.63, 3.8) is 0 Å². The van der Waals surface area contributed by atoms with Crippen LogP contribution in [0.4, 0.5) is 0 Å². The topological polar surface area (TPSA) is 40.5 Å². The minimum Gasteiger partial charge on any atom is -0.345 e. The van der Waals surface area contributed by atoms with Gasteiger partial charge in [0.05, 0.1) is 11.4 Å². The number of hydrazone groups is 1. The minimum absolute atomic E-state index is 0.499. The van der Waals surface area contributed by atoms with Gasteiger partial charge in [-0.25, -0.2) is 0 Å². The first kappa shape index (κ1) is 13.9. The van der Waals surface area contributed by atoms with E-state index in [-0.39, 0.29) is 0 Å². The zero-order chi connectivity index (χ0) is 13.7. The highest BCUT2D eigenvalue weighted by molar-refractivity contribution is 7.80. The lowest BCUT2D eigenvalue weighted by molar-refractivity contribution is 0.256. The van der Waals surface area contributed by atoms with E-state index in [0.29, 0.717) is 11.2 Å². The van der Waals surface area contributed by atoms with Crippen LogP contribution in [-0.2, 0) is 0 Å². The molecule has 5 heteroatoms. The van der Waals surface area contributed by atoms with Crippen LogP contribution in [0.5, 0.6) is 0 Å². The molecule has 1 aromatic heterocycles. The summed E-state index contributed by atoms with van der Waals surface area (Å²) < 4.78 is 0. The van der Waals surface area contributed by atoms with Crippen LogP contribution in [0, 0.1) is 0 Å². The van der Waals surface area contributed by atoms with Crippen LogP contribution in [0.15, 0.2) is 29.5 Å². The van der Waals surface area contributed by atoms with Gasteiger partial charge in [0.2, 0.25) is 0 Å². The maximum Gasteiger partial charge on any atom is 0.189 e. The van der Waals surface area contributed by atoms with Crippen LogP contribution >= 0.6 is 12.2 Å². The molecule has 0 spiro atoms. The van der Waals surface area contributed by atoms with Gasteiger partial charge in [0.15, 0.2) is 5.11 Å². The quantitative estimate of drug-likeness (QED) is 0.512. The number of rotatable bonds is 2. The van der Waals surface area contributed by atoms with Gasteiger partial charge >= 0.3 is 0 Å². The van der Waals surface area contributed by atoms with E-state index in [9.17, 15) is 0 Å². The maximum atomic E-state index is 5.41.